The Hall–Kier alpha value is -2.30. The van der Waals surface area contributed by atoms with Gasteiger partial charge in [0.2, 0.25) is 0 Å². The highest BCUT2D eigenvalue weighted by atomic mass is 19.2. The molecule has 0 radical (unpaired) electrons. The molecule has 1 heterocycles. The van der Waals surface area contributed by atoms with E-state index in [1.165, 1.54) is 18.3 Å². The van der Waals surface area contributed by atoms with E-state index < -0.39 is 11.6 Å². The Bertz CT molecular complexity index is 582. The van der Waals surface area contributed by atoms with Gasteiger partial charge in [-0.3, -0.25) is 9.78 Å². The number of carbonyl (C=O) groups excluding carboxylic acids is 1. The van der Waals surface area contributed by atoms with Gasteiger partial charge in [0.05, 0.1) is 11.9 Å². The third-order valence-corrected chi connectivity index (χ3v) is 2.42. The zero-order valence-electron chi connectivity index (χ0n) is 9.36. The highest BCUT2D eigenvalue weighted by Gasteiger charge is 2.10. The van der Waals surface area contributed by atoms with Gasteiger partial charge in [-0.25, -0.2) is 8.78 Å². The summed E-state index contributed by atoms with van der Waals surface area (Å²) < 4.78 is 25.7. The number of nitrogen functional groups attached to an aromatic ring is 1. The number of halogens is 2. The molecule has 92 valence electrons. The van der Waals surface area contributed by atoms with Crippen LogP contribution in [0.4, 0.5) is 14.5 Å². The number of rotatable bonds is 3. The molecule has 0 amide bonds. The predicted molar refractivity (Wildman–Crippen MR) is 63.0 cm³/mol. The molecule has 0 bridgehead atoms. The summed E-state index contributed by atoms with van der Waals surface area (Å²) >= 11 is 0. The maximum atomic E-state index is 13.0. The summed E-state index contributed by atoms with van der Waals surface area (Å²) in [7, 11) is 0. The second-order valence-electron chi connectivity index (χ2n) is 3.83. The zero-order valence-corrected chi connectivity index (χ0v) is 9.36. The first-order valence-corrected chi connectivity index (χ1v) is 5.25. The van der Waals surface area contributed by atoms with Gasteiger partial charge in [0.1, 0.15) is 5.69 Å². The first-order chi connectivity index (χ1) is 8.56. The Morgan fingerprint density at radius 2 is 1.94 bits per heavy atom. The van der Waals surface area contributed by atoms with Crippen LogP contribution in [0.15, 0.2) is 36.5 Å². The second-order valence-corrected chi connectivity index (χ2v) is 3.83. The van der Waals surface area contributed by atoms with E-state index in [2.05, 4.69) is 4.98 Å². The van der Waals surface area contributed by atoms with E-state index in [9.17, 15) is 13.6 Å². The molecule has 0 spiro atoms. The van der Waals surface area contributed by atoms with E-state index in [1.54, 1.807) is 6.07 Å². The summed E-state index contributed by atoms with van der Waals surface area (Å²) in [5, 5.41) is 0. The average molecular weight is 248 g/mol. The van der Waals surface area contributed by atoms with E-state index in [0.717, 1.165) is 12.1 Å². The fraction of sp³-hybridized carbons (Fsp3) is 0.0769. The van der Waals surface area contributed by atoms with Gasteiger partial charge in [-0.15, -0.1) is 0 Å². The zero-order chi connectivity index (χ0) is 13.1. The molecule has 2 aromatic rings. The van der Waals surface area contributed by atoms with Crippen LogP contribution in [0.1, 0.15) is 16.1 Å². The van der Waals surface area contributed by atoms with Crippen LogP contribution in [0.3, 0.4) is 0 Å². The lowest BCUT2D eigenvalue weighted by molar-refractivity contribution is 0.0988. The average Bonchev–Trinajstić information content (AvgIpc) is 2.34. The van der Waals surface area contributed by atoms with Crippen LogP contribution < -0.4 is 5.73 Å². The van der Waals surface area contributed by atoms with Crippen LogP contribution in [0, 0.1) is 11.6 Å². The van der Waals surface area contributed by atoms with Crippen LogP contribution in [-0.4, -0.2) is 10.8 Å². The molecule has 0 aliphatic heterocycles. The standard InChI is InChI=1S/C13H10F2N2O/c14-10-3-1-8(5-11(10)15)6-13(18)12-4-2-9(16)7-17-12/h1-5,7H,6,16H2. The SMILES string of the molecule is Nc1ccc(C(=O)Cc2ccc(F)c(F)c2)nc1. The van der Waals surface area contributed by atoms with Gasteiger partial charge in [-0.1, -0.05) is 6.07 Å². The first-order valence-electron chi connectivity index (χ1n) is 5.25. The molecule has 0 fully saturated rings. The fourth-order valence-electron chi connectivity index (χ4n) is 1.50. The number of benzene rings is 1. The van der Waals surface area contributed by atoms with E-state index >= 15 is 0 Å². The summed E-state index contributed by atoms with van der Waals surface area (Å²) in [6.07, 6.45) is 1.34. The lowest BCUT2D eigenvalue weighted by Gasteiger charge is -2.02. The van der Waals surface area contributed by atoms with Gasteiger partial charge in [0.25, 0.3) is 0 Å². The van der Waals surface area contributed by atoms with E-state index in [-0.39, 0.29) is 17.9 Å². The molecule has 0 aliphatic rings. The number of pyridine rings is 1. The van der Waals surface area contributed by atoms with E-state index in [1.807, 2.05) is 0 Å². The molecule has 0 aliphatic carbocycles. The third-order valence-electron chi connectivity index (χ3n) is 2.42. The van der Waals surface area contributed by atoms with Crippen LogP contribution in [-0.2, 0) is 6.42 Å². The molecular weight excluding hydrogens is 238 g/mol. The molecule has 0 saturated heterocycles. The number of anilines is 1. The van der Waals surface area contributed by atoms with Crippen molar-refractivity contribution in [2.45, 2.75) is 6.42 Å². The van der Waals surface area contributed by atoms with Crippen LogP contribution >= 0.6 is 0 Å². The van der Waals surface area contributed by atoms with Crippen LogP contribution in [0.25, 0.3) is 0 Å². The highest BCUT2D eigenvalue weighted by Crippen LogP contribution is 2.11. The number of nitrogens with zero attached hydrogens (tertiary/aromatic N) is 1. The number of hydrogen-bond acceptors (Lipinski definition) is 3. The molecule has 18 heavy (non-hydrogen) atoms. The van der Waals surface area contributed by atoms with Crippen LogP contribution in [0.5, 0.6) is 0 Å². The van der Waals surface area contributed by atoms with Crippen molar-refractivity contribution in [3.05, 3.63) is 59.4 Å². The predicted octanol–water partition coefficient (Wildman–Crippen LogP) is 2.37. The van der Waals surface area contributed by atoms with E-state index in [0.29, 0.717) is 11.3 Å². The first kappa shape index (κ1) is 12.2. The molecule has 0 unspecified atom stereocenters. The minimum absolute atomic E-state index is 0.0336. The normalized spacial score (nSPS) is 10.3. The van der Waals surface area contributed by atoms with Gasteiger partial charge in [0.15, 0.2) is 17.4 Å². The Labute approximate surface area is 102 Å². The highest BCUT2D eigenvalue weighted by molar-refractivity contribution is 5.95. The second kappa shape index (κ2) is 4.91. The van der Waals surface area contributed by atoms with Gasteiger partial charge in [-0.2, -0.15) is 0 Å². The largest absolute Gasteiger partial charge is 0.397 e. The fourth-order valence-corrected chi connectivity index (χ4v) is 1.50. The maximum Gasteiger partial charge on any atom is 0.185 e. The molecule has 1 aromatic carbocycles. The van der Waals surface area contributed by atoms with Crippen molar-refractivity contribution in [1.82, 2.24) is 4.98 Å². The summed E-state index contributed by atoms with van der Waals surface area (Å²) in [5.41, 5.74) is 6.55. The molecular formula is C13H10F2N2O. The van der Waals surface area contributed by atoms with Crippen molar-refractivity contribution in [2.75, 3.05) is 5.73 Å². The molecule has 5 heteroatoms. The number of Topliss-reactive ketones (excluding diaryl/α,β-unsaturated/α-hetero) is 1. The number of ketones is 1. The quantitative estimate of drug-likeness (QED) is 0.848. The lowest BCUT2D eigenvalue weighted by atomic mass is 10.1. The molecule has 1 aromatic heterocycles. The molecule has 2 N–H and O–H groups in total. The smallest absolute Gasteiger partial charge is 0.185 e. The lowest BCUT2D eigenvalue weighted by Crippen LogP contribution is -2.06. The van der Waals surface area contributed by atoms with Gasteiger partial charge in [0, 0.05) is 6.42 Å². The number of hydrogen-bond donors (Lipinski definition) is 1. The van der Waals surface area contributed by atoms with Gasteiger partial charge in [-0.05, 0) is 29.8 Å². The Balaban J connectivity index is 2.16. The summed E-state index contributed by atoms with van der Waals surface area (Å²) in [4.78, 5) is 15.7. The van der Waals surface area contributed by atoms with Crippen LogP contribution in [0.2, 0.25) is 0 Å². The van der Waals surface area contributed by atoms with Gasteiger partial charge >= 0.3 is 0 Å². The van der Waals surface area contributed by atoms with Crippen molar-refractivity contribution in [1.29, 1.82) is 0 Å². The minimum Gasteiger partial charge on any atom is -0.397 e. The Morgan fingerprint density at radius 1 is 1.17 bits per heavy atom. The van der Waals surface area contributed by atoms with Crippen molar-refractivity contribution in [3.8, 4) is 0 Å². The third kappa shape index (κ3) is 2.68. The van der Waals surface area contributed by atoms with Gasteiger partial charge < -0.3 is 5.73 Å². The molecule has 3 nitrogen and oxygen atoms in total. The number of carbonyl (C=O) groups is 1. The molecule has 2 rings (SSSR count). The minimum atomic E-state index is -0.967. The van der Waals surface area contributed by atoms with E-state index in [4.69, 9.17) is 5.73 Å². The van der Waals surface area contributed by atoms with Crippen molar-refractivity contribution >= 4 is 11.5 Å². The number of aromatic nitrogens is 1. The molecule has 0 saturated carbocycles. The number of nitrogens with two attached hydrogens (primary N) is 1. The summed E-state index contributed by atoms with van der Waals surface area (Å²) in [5.74, 6) is -2.18. The maximum absolute atomic E-state index is 13.0. The van der Waals surface area contributed by atoms with Crippen molar-refractivity contribution < 1.29 is 13.6 Å². The Morgan fingerprint density at radius 3 is 2.56 bits per heavy atom. The van der Waals surface area contributed by atoms with Crippen molar-refractivity contribution in [3.63, 3.8) is 0 Å². The van der Waals surface area contributed by atoms with Crippen molar-refractivity contribution in [2.24, 2.45) is 0 Å². The summed E-state index contributed by atoms with van der Waals surface area (Å²) in [6.45, 7) is 0. The topological polar surface area (TPSA) is 56.0 Å². The Kier molecular flexibility index (Phi) is 3.32. The molecule has 0 atom stereocenters. The monoisotopic (exact) mass is 248 g/mol. The summed E-state index contributed by atoms with van der Waals surface area (Å²) in [6, 6.07) is 6.43.